The molecule has 0 aliphatic rings. The number of anilines is 1. The van der Waals surface area contributed by atoms with Gasteiger partial charge >= 0.3 is 0 Å². The molecule has 0 aliphatic carbocycles. The van der Waals surface area contributed by atoms with Gasteiger partial charge < -0.3 is 5.32 Å². The lowest BCUT2D eigenvalue weighted by atomic mass is 10.2. The SMILES string of the molecule is CS(=O)(=O)c1cccc(C(=O)Nc2cc([SH](=O)=O)cc([SH](=O)=O)c2)c1. The first-order valence-electron chi connectivity index (χ1n) is 6.63. The lowest BCUT2D eigenvalue weighted by molar-refractivity contribution is 0.102. The molecule has 25 heavy (non-hydrogen) atoms. The van der Waals surface area contributed by atoms with Gasteiger partial charge in [-0.15, -0.1) is 0 Å². The molecule has 0 unspecified atom stereocenters. The zero-order chi connectivity index (χ0) is 18.8. The fourth-order valence-corrected chi connectivity index (χ4v) is 3.70. The van der Waals surface area contributed by atoms with Crippen LogP contribution in [0.15, 0.2) is 57.2 Å². The largest absolute Gasteiger partial charge is 0.322 e. The topological polar surface area (TPSA) is 132 Å². The molecule has 1 N–H and O–H groups in total. The second kappa shape index (κ2) is 7.33. The van der Waals surface area contributed by atoms with E-state index in [4.69, 9.17) is 0 Å². The highest BCUT2D eigenvalue weighted by Gasteiger charge is 2.13. The number of amides is 1. The maximum atomic E-state index is 12.2. The number of carbonyl (C=O) groups excluding carboxylic acids is 1. The van der Waals surface area contributed by atoms with E-state index in [1.165, 1.54) is 18.2 Å². The summed E-state index contributed by atoms with van der Waals surface area (Å²) in [5.41, 5.74) is -0.0199. The number of rotatable bonds is 5. The van der Waals surface area contributed by atoms with Gasteiger partial charge in [0, 0.05) is 17.5 Å². The Labute approximate surface area is 147 Å². The third-order valence-electron chi connectivity index (χ3n) is 3.11. The summed E-state index contributed by atoms with van der Waals surface area (Å²) in [7, 11) is -9.61. The van der Waals surface area contributed by atoms with Crippen LogP contribution in [0.5, 0.6) is 0 Å². The Bertz CT molecular complexity index is 1040. The molecule has 0 saturated carbocycles. The van der Waals surface area contributed by atoms with E-state index in [1.54, 1.807) is 0 Å². The lowest BCUT2D eigenvalue weighted by Gasteiger charge is -2.08. The van der Waals surface area contributed by atoms with Gasteiger partial charge in [-0.2, -0.15) is 0 Å². The van der Waals surface area contributed by atoms with Gasteiger partial charge in [-0.3, -0.25) is 4.79 Å². The van der Waals surface area contributed by atoms with Crippen LogP contribution in [0.3, 0.4) is 0 Å². The van der Waals surface area contributed by atoms with Crippen molar-refractivity contribution in [3.63, 3.8) is 0 Å². The molecule has 2 rings (SSSR count). The second-order valence-corrected chi connectivity index (χ2v) is 9.08. The molecule has 0 spiro atoms. The number of sulfone groups is 1. The van der Waals surface area contributed by atoms with Gasteiger partial charge in [0.1, 0.15) is 0 Å². The zero-order valence-corrected chi connectivity index (χ0v) is 15.3. The van der Waals surface area contributed by atoms with Crippen LogP contribution < -0.4 is 5.32 Å². The molecule has 0 bridgehead atoms. The highest BCUT2D eigenvalue weighted by atomic mass is 32.2. The summed E-state index contributed by atoms with van der Waals surface area (Å²) >= 11 is 0. The summed E-state index contributed by atoms with van der Waals surface area (Å²) in [6, 6.07) is 8.43. The molecule has 0 saturated heterocycles. The minimum Gasteiger partial charge on any atom is -0.322 e. The van der Waals surface area contributed by atoms with Crippen LogP contribution in [-0.2, 0) is 31.2 Å². The van der Waals surface area contributed by atoms with Crippen LogP contribution >= 0.6 is 0 Å². The Kier molecular flexibility index (Phi) is 5.60. The average molecular weight is 403 g/mol. The first kappa shape index (κ1) is 19.1. The lowest BCUT2D eigenvalue weighted by Crippen LogP contribution is -2.13. The first-order valence-corrected chi connectivity index (χ1v) is 10.9. The van der Waals surface area contributed by atoms with Crippen molar-refractivity contribution in [3.8, 4) is 0 Å². The fourth-order valence-electron chi connectivity index (χ4n) is 1.95. The standard InChI is InChI=1S/C14H13NO7S3/c1-25(21,22)13-4-2-3-9(5-13)14(16)15-10-6-11(23(17)18)8-12(7-10)24(19)20/h2-8,23-24H,1H3,(H,15,16). The molecule has 0 fully saturated rings. The number of nitrogens with one attached hydrogen (secondary N) is 1. The molecule has 11 heteroatoms. The van der Waals surface area contributed by atoms with Crippen LogP contribution in [0.2, 0.25) is 0 Å². The molecule has 2 aromatic carbocycles. The number of carbonyl (C=O) groups is 1. The van der Waals surface area contributed by atoms with Crippen molar-refractivity contribution in [2.75, 3.05) is 11.6 Å². The summed E-state index contributed by atoms with van der Waals surface area (Å²) in [4.78, 5) is 11.6. The summed E-state index contributed by atoms with van der Waals surface area (Å²) in [5.74, 6) is -0.712. The van der Waals surface area contributed by atoms with Crippen molar-refractivity contribution in [2.45, 2.75) is 14.7 Å². The molecular weight excluding hydrogens is 390 g/mol. The molecule has 0 radical (unpaired) electrons. The zero-order valence-electron chi connectivity index (χ0n) is 12.7. The van der Waals surface area contributed by atoms with Gasteiger partial charge in [0.15, 0.2) is 31.2 Å². The van der Waals surface area contributed by atoms with Gasteiger partial charge in [-0.05, 0) is 36.4 Å². The van der Waals surface area contributed by atoms with Crippen LogP contribution in [0.1, 0.15) is 10.4 Å². The average Bonchev–Trinajstić information content (AvgIpc) is 2.53. The summed E-state index contributed by atoms with van der Waals surface area (Å²) in [5, 5.41) is 2.36. The highest BCUT2D eigenvalue weighted by molar-refractivity contribution is 7.90. The van der Waals surface area contributed by atoms with Gasteiger partial charge in [-0.1, -0.05) is 6.07 Å². The Morgan fingerprint density at radius 3 is 1.96 bits per heavy atom. The van der Waals surface area contributed by atoms with Gasteiger partial charge in [0.25, 0.3) is 5.91 Å². The molecule has 0 heterocycles. The highest BCUT2D eigenvalue weighted by Crippen LogP contribution is 2.19. The molecule has 1 amide bonds. The van der Waals surface area contributed by atoms with Crippen LogP contribution in [0.25, 0.3) is 0 Å². The van der Waals surface area contributed by atoms with E-state index in [0.29, 0.717) is 0 Å². The van der Waals surface area contributed by atoms with Gasteiger partial charge in [0.2, 0.25) is 0 Å². The van der Waals surface area contributed by atoms with Crippen molar-refractivity contribution in [2.24, 2.45) is 0 Å². The van der Waals surface area contributed by atoms with Crippen molar-refractivity contribution in [1.29, 1.82) is 0 Å². The van der Waals surface area contributed by atoms with Gasteiger partial charge in [0.05, 0.1) is 14.7 Å². The Morgan fingerprint density at radius 1 is 0.920 bits per heavy atom. The minimum absolute atomic E-state index is 0.0212. The number of benzene rings is 2. The Balaban J connectivity index is 2.41. The van der Waals surface area contributed by atoms with Crippen molar-refractivity contribution in [1.82, 2.24) is 0 Å². The van der Waals surface area contributed by atoms with Crippen molar-refractivity contribution in [3.05, 3.63) is 48.0 Å². The normalized spacial score (nSPS) is 11.6. The molecule has 2 aromatic rings. The molecule has 0 atom stereocenters. The molecule has 134 valence electrons. The second-order valence-electron chi connectivity index (χ2n) is 5.01. The minimum atomic E-state index is -3.51. The third kappa shape index (κ3) is 4.87. The predicted octanol–water partition coefficient (Wildman–Crippen LogP) is 0.283. The third-order valence-corrected chi connectivity index (χ3v) is 5.58. The summed E-state index contributed by atoms with van der Waals surface area (Å²) < 4.78 is 67.5. The van der Waals surface area contributed by atoms with E-state index in [0.717, 1.165) is 30.5 Å². The first-order chi connectivity index (χ1) is 11.6. The van der Waals surface area contributed by atoms with E-state index < -0.39 is 37.2 Å². The van der Waals surface area contributed by atoms with E-state index >= 15 is 0 Å². The smallest absolute Gasteiger partial charge is 0.255 e. The number of hydrogen-bond acceptors (Lipinski definition) is 7. The van der Waals surface area contributed by atoms with E-state index in [2.05, 4.69) is 5.32 Å². The maximum absolute atomic E-state index is 12.2. The Morgan fingerprint density at radius 2 is 1.48 bits per heavy atom. The number of hydrogen-bond donors (Lipinski definition) is 3. The van der Waals surface area contributed by atoms with Crippen LogP contribution in [-0.4, -0.2) is 37.4 Å². The molecule has 0 aliphatic heterocycles. The van der Waals surface area contributed by atoms with E-state index in [1.807, 2.05) is 0 Å². The monoisotopic (exact) mass is 403 g/mol. The van der Waals surface area contributed by atoms with Crippen molar-refractivity contribution >= 4 is 42.8 Å². The maximum Gasteiger partial charge on any atom is 0.255 e. The molecular formula is C14H13NO7S3. The van der Waals surface area contributed by atoms with Crippen molar-refractivity contribution < 1.29 is 30.0 Å². The van der Waals surface area contributed by atoms with E-state index in [-0.39, 0.29) is 25.9 Å². The fraction of sp³-hybridized carbons (Fsp3) is 0.0714. The van der Waals surface area contributed by atoms with Crippen LogP contribution in [0.4, 0.5) is 5.69 Å². The molecule has 0 aromatic heterocycles. The Hall–Kier alpha value is -2.24. The molecule has 8 nitrogen and oxygen atoms in total. The van der Waals surface area contributed by atoms with Gasteiger partial charge in [-0.25, -0.2) is 25.3 Å². The predicted molar refractivity (Wildman–Crippen MR) is 91.1 cm³/mol. The summed E-state index contributed by atoms with van der Waals surface area (Å²) in [6.45, 7) is 0. The van der Waals surface area contributed by atoms with E-state index in [9.17, 15) is 30.0 Å². The number of thiol groups is 2. The quantitative estimate of drug-likeness (QED) is 0.611. The summed E-state index contributed by atoms with van der Waals surface area (Å²) in [6.07, 6.45) is 0.995. The van der Waals surface area contributed by atoms with Crippen LogP contribution in [0, 0.1) is 0 Å².